The Morgan fingerprint density at radius 2 is 1.58 bits per heavy atom. The van der Waals surface area contributed by atoms with Crippen molar-refractivity contribution in [1.29, 1.82) is 0 Å². The van der Waals surface area contributed by atoms with Crippen molar-refractivity contribution >= 4 is 70.5 Å². The average molecular weight is 732 g/mol. The first kappa shape index (κ1) is 38.5. The zero-order valence-electron chi connectivity index (χ0n) is 26.1. The molecule has 0 bridgehead atoms. The molecule has 1 fully saturated rings. The Morgan fingerprint density at radius 3 is 2.15 bits per heavy atom. The number of amides is 2. The Balaban J connectivity index is 2.12. The van der Waals surface area contributed by atoms with Gasteiger partial charge in [0.25, 0.3) is 11.7 Å². The van der Waals surface area contributed by atoms with Crippen LogP contribution in [0, 0.1) is 0 Å². The lowest BCUT2D eigenvalue weighted by Crippen LogP contribution is -2.69. The predicted molar refractivity (Wildman–Crippen MR) is 169 cm³/mol. The van der Waals surface area contributed by atoms with E-state index in [0.717, 1.165) is 27.7 Å². The number of hydrogen-bond acceptors (Lipinski definition) is 11. The Morgan fingerprint density at radius 1 is 0.938 bits per heavy atom. The Hall–Kier alpha value is -3.95. The molecule has 0 aromatic heterocycles. The van der Waals surface area contributed by atoms with Crippen molar-refractivity contribution < 1.29 is 57.6 Å². The van der Waals surface area contributed by atoms with Gasteiger partial charge in [0.15, 0.2) is 12.2 Å². The minimum Gasteiger partial charge on any atom is -0.477 e. The summed E-state index contributed by atoms with van der Waals surface area (Å²) in [5, 5.41) is 16.2. The largest absolute Gasteiger partial charge is 0.477 e. The second kappa shape index (κ2) is 16.9. The van der Waals surface area contributed by atoms with Gasteiger partial charge < -0.3 is 39.4 Å². The normalized spacial score (nSPS) is 21.6. The molecule has 0 radical (unpaired) electrons. The van der Waals surface area contributed by atoms with Crippen LogP contribution in [0.3, 0.4) is 0 Å². The molecule has 6 atom stereocenters. The van der Waals surface area contributed by atoms with Crippen LogP contribution >= 0.6 is 34.8 Å². The number of carboxylic acid groups (broad SMARTS) is 1. The molecule has 1 aliphatic heterocycles. The van der Waals surface area contributed by atoms with Gasteiger partial charge in [-0.1, -0.05) is 46.9 Å². The van der Waals surface area contributed by atoms with Crippen molar-refractivity contribution in [3.05, 3.63) is 68.7 Å². The van der Waals surface area contributed by atoms with Crippen molar-refractivity contribution in [3.8, 4) is 0 Å². The molecule has 48 heavy (non-hydrogen) atoms. The van der Waals surface area contributed by atoms with E-state index in [1.807, 2.05) is 0 Å². The van der Waals surface area contributed by atoms with Crippen LogP contribution in [0.25, 0.3) is 0 Å². The van der Waals surface area contributed by atoms with E-state index in [2.05, 4.69) is 10.6 Å². The maximum absolute atomic E-state index is 12.9. The van der Waals surface area contributed by atoms with Gasteiger partial charge in [-0.3, -0.25) is 24.0 Å². The molecule has 2 amide bonds. The van der Waals surface area contributed by atoms with Gasteiger partial charge in [-0.2, -0.15) is 0 Å². The third-order valence-corrected chi connectivity index (χ3v) is 8.05. The lowest BCUT2D eigenvalue weighted by atomic mass is 9.87. The van der Waals surface area contributed by atoms with E-state index >= 15 is 0 Å². The van der Waals surface area contributed by atoms with Gasteiger partial charge in [0, 0.05) is 38.3 Å². The van der Waals surface area contributed by atoms with Gasteiger partial charge in [-0.25, -0.2) is 4.79 Å². The van der Waals surface area contributed by atoms with Gasteiger partial charge in [0.05, 0.1) is 35.7 Å². The third kappa shape index (κ3) is 10.3. The van der Waals surface area contributed by atoms with Crippen LogP contribution in [0.15, 0.2) is 42.5 Å². The quantitative estimate of drug-likeness (QED) is 0.201. The Kier molecular flexibility index (Phi) is 13.6. The van der Waals surface area contributed by atoms with Crippen molar-refractivity contribution in [1.82, 2.24) is 10.6 Å². The molecule has 3 rings (SSSR count). The number of hydrogen-bond donors (Lipinski definition) is 3. The smallest absolute Gasteiger partial charge is 0.364 e. The minimum atomic E-state index is -2.63. The summed E-state index contributed by atoms with van der Waals surface area (Å²) in [5.74, 6) is -8.28. The van der Waals surface area contributed by atoms with Gasteiger partial charge in [0.1, 0.15) is 12.2 Å². The molecule has 1 saturated heterocycles. The maximum atomic E-state index is 12.9. The fraction of sp³-hybridized carbons (Fsp3) is 0.419. The first-order valence-electron chi connectivity index (χ1n) is 14.3. The number of esters is 3. The standard InChI is InChI=1S/C31H33Cl3N2O12/c1-15(37)36-26-23(45-16(2)38)12-31(30(42)43,44-14-20-6-5-7-22(33)25(20)34)48-28(26)27(47-18(4)40)24(46-17(3)39)13-35-29(41)19-8-10-21(32)11-9-19/h5-11,23-24,26-28H,12-14H2,1-4H3,(H,35,41)(H,36,37)(H,42,43)/t23-,24+,26+,27+,28+,31+/m0/s1. The molecule has 260 valence electrons. The molecule has 14 nitrogen and oxygen atoms in total. The zero-order chi connectivity index (χ0) is 35.8. The monoisotopic (exact) mass is 730 g/mol. The summed E-state index contributed by atoms with van der Waals surface area (Å²) in [4.78, 5) is 75.3. The topological polar surface area (TPSA) is 193 Å². The molecule has 1 aliphatic rings. The molecular formula is C31H33Cl3N2O12. The van der Waals surface area contributed by atoms with Gasteiger partial charge in [-0.15, -0.1) is 0 Å². The van der Waals surface area contributed by atoms with E-state index in [-0.39, 0.29) is 21.2 Å². The van der Waals surface area contributed by atoms with Crippen LogP contribution < -0.4 is 10.6 Å². The summed E-state index contributed by atoms with van der Waals surface area (Å²) in [6.07, 6.45) is -7.15. The molecular weight excluding hydrogens is 699 g/mol. The molecule has 0 spiro atoms. The fourth-order valence-corrected chi connectivity index (χ4v) is 5.48. The summed E-state index contributed by atoms with van der Waals surface area (Å²) < 4.78 is 28.4. The lowest BCUT2D eigenvalue weighted by Gasteiger charge is -2.48. The van der Waals surface area contributed by atoms with E-state index in [0.29, 0.717) is 5.02 Å². The third-order valence-electron chi connectivity index (χ3n) is 6.94. The molecule has 2 aromatic rings. The van der Waals surface area contributed by atoms with Crippen LogP contribution in [0.4, 0.5) is 0 Å². The highest BCUT2D eigenvalue weighted by molar-refractivity contribution is 6.42. The second-order valence-corrected chi connectivity index (χ2v) is 11.9. The number of halogens is 3. The Labute approximate surface area is 290 Å². The minimum absolute atomic E-state index is 0.0730. The fourth-order valence-electron chi connectivity index (χ4n) is 4.98. The number of rotatable bonds is 13. The number of aliphatic carboxylic acids is 1. The van der Waals surface area contributed by atoms with Crippen LogP contribution in [-0.4, -0.2) is 83.6 Å². The molecule has 1 heterocycles. The Bertz CT molecular complexity index is 1540. The summed E-state index contributed by atoms with van der Waals surface area (Å²) in [6, 6.07) is 9.02. The highest BCUT2D eigenvalue weighted by atomic mass is 35.5. The van der Waals surface area contributed by atoms with Crippen LogP contribution in [0.1, 0.15) is 50.0 Å². The summed E-state index contributed by atoms with van der Waals surface area (Å²) >= 11 is 18.3. The van der Waals surface area contributed by atoms with Crippen molar-refractivity contribution in [3.63, 3.8) is 0 Å². The van der Waals surface area contributed by atoms with E-state index in [1.165, 1.54) is 36.4 Å². The van der Waals surface area contributed by atoms with Crippen LogP contribution in [0.5, 0.6) is 0 Å². The summed E-state index contributed by atoms with van der Waals surface area (Å²) in [7, 11) is 0. The summed E-state index contributed by atoms with van der Waals surface area (Å²) in [5.41, 5.74) is 0.458. The first-order chi connectivity index (χ1) is 22.5. The number of ether oxygens (including phenoxy) is 5. The molecule has 2 aromatic carbocycles. The zero-order valence-corrected chi connectivity index (χ0v) is 28.4. The SMILES string of the molecule is CC(=O)N[C@H]1[C@H]([C@H](OC(C)=O)[C@@H](CNC(=O)c2ccc(Cl)cc2)OC(C)=O)O[C@@](OCc2cccc(Cl)c2Cl)(C(=O)O)C[C@@H]1OC(C)=O. The maximum Gasteiger partial charge on any atom is 0.364 e. The highest BCUT2D eigenvalue weighted by Crippen LogP contribution is 2.38. The van der Waals surface area contributed by atoms with E-state index in [9.17, 15) is 33.9 Å². The number of carbonyl (C=O) groups excluding carboxylic acids is 5. The highest BCUT2D eigenvalue weighted by Gasteiger charge is 2.58. The van der Waals surface area contributed by atoms with Crippen molar-refractivity contribution in [2.24, 2.45) is 0 Å². The molecule has 17 heteroatoms. The van der Waals surface area contributed by atoms with Crippen LogP contribution in [-0.2, 0) is 54.3 Å². The number of carboxylic acids is 1. The van der Waals surface area contributed by atoms with Gasteiger partial charge >= 0.3 is 23.9 Å². The van der Waals surface area contributed by atoms with E-state index < -0.39 is 91.5 Å². The molecule has 0 unspecified atom stereocenters. The lowest BCUT2D eigenvalue weighted by molar-refractivity contribution is -0.315. The summed E-state index contributed by atoms with van der Waals surface area (Å²) in [6.45, 7) is 3.29. The van der Waals surface area contributed by atoms with Gasteiger partial charge in [0.2, 0.25) is 5.91 Å². The molecule has 0 saturated carbocycles. The predicted octanol–water partition coefficient (Wildman–Crippen LogP) is 3.46. The van der Waals surface area contributed by atoms with Crippen molar-refractivity contribution in [2.75, 3.05) is 6.54 Å². The second-order valence-electron chi connectivity index (χ2n) is 10.7. The molecule has 3 N–H and O–H groups in total. The van der Waals surface area contributed by atoms with Gasteiger partial charge in [-0.05, 0) is 35.9 Å². The number of carbonyl (C=O) groups is 6. The van der Waals surface area contributed by atoms with Crippen molar-refractivity contribution in [2.45, 2.75) is 77.0 Å². The van der Waals surface area contributed by atoms with E-state index in [4.69, 9.17) is 58.5 Å². The molecule has 0 aliphatic carbocycles. The average Bonchev–Trinajstić information content (AvgIpc) is 2.99. The van der Waals surface area contributed by atoms with Crippen LogP contribution in [0.2, 0.25) is 15.1 Å². The first-order valence-corrected chi connectivity index (χ1v) is 15.5. The van der Waals surface area contributed by atoms with E-state index in [1.54, 1.807) is 6.07 Å². The number of benzene rings is 2. The number of nitrogens with one attached hydrogen (secondary N) is 2.